The summed E-state index contributed by atoms with van der Waals surface area (Å²) < 4.78 is 15.0. The van der Waals surface area contributed by atoms with E-state index >= 15 is 0 Å². The first-order valence-electron chi connectivity index (χ1n) is 10.2. The first-order chi connectivity index (χ1) is 15.6. The van der Waals surface area contributed by atoms with E-state index in [1.807, 2.05) is 67.6 Å². The molecular formula is C26H19FN2OS2. The minimum atomic E-state index is -0.262. The average molecular weight is 459 g/mol. The monoisotopic (exact) mass is 458 g/mol. The van der Waals surface area contributed by atoms with E-state index in [-0.39, 0.29) is 11.4 Å². The lowest BCUT2D eigenvalue weighted by Gasteiger charge is -2.13. The van der Waals surface area contributed by atoms with Gasteiger partial charge >= 0.3 is 0 Å². The zero-order valence-corrected chi connectivity index (χ0v) is 18.9. The summed E-state index contributed by atoms with van der Waals surface area (Å²) in [6.45, 7) is 2.03. The van der Waals surface area contributed by atoms with Crippen LogP contribution in [0.3, 0.4) is 0 Å². The van der Waals surface area contributed by atoms with Crippen molar-refractivity contribution >= 4 is 33.3 Å². The third kappa shape index (κ3) is 3.87. The SMILES string of the molecule is Cc1sc2nc(SCc3ccc(F)cc3)n(-c3ccccc3)c(=O)c2c1-c1ccccc1. The highest BCUT2D eigenvalue weighted by atomic mass is 32.2. The van der Waals surface area contributed by atoms with Gasteiger partial charge in [-0.2, -0.15) is 0 Å². The van der Waals surface area contributed by atoms with Gasteiger partial charge in [0.25, 0.3) is 5.56 Å². The molecule has 0 aliphatic carbocycles. The molecule has 0 atom stereocenters. The quantitative estimate of drug-likeness (QED) is 0.213. The van der Waals surface area contributed by atoms with Gasteiger partial charge in [0.1, 0.15) is 10.6 Å². The van der Waals surface area contributed by atoms with E-state index in [2.05, 4.69) is 0 Å². The minimum absolute atomic E-state index is 0.0778. The number of thioether (sulfide) groups is 1. The van der Waals surface area contributed by atoms with E-state index in [9.17, 15) is 9.18 Å². The summed E-state index contributed by atoms with van der Waals surface area (Å²) >= 11 is 3.02. The van der Waals surface area contributed by atoms with Crippen molar-refractivity contribution in [2.45, 2.75) is 17.8 Å². The Morgan fingerprint density at radius 1 is 0.938 bits per heavy atom. The minimum Gasteiger partial charge on any atom is -0.268 e. The Hall–Kier alpha value is -3.22. The number of nitrogens with zero attached hydrogens (tertiary/aromatic N) is 2. The van der Waals surface area contributed by atoms with Gasteiger partial charge in [-0.3, -0.25) is 9.36 Å². The van der Waals surface area contributed by atoms with Gasteiger partial charge in [0.2, 0.25) is 0 Å². The second kappa shape index (κ2) is 8.73. The lowest BCUT2D eigenvalue weighted by Crippen LogP contribution is -2.21. The van der Waals surface area contributed by atoms with Gasteiger partial charge in [0, 0.05) is 16.2 Å². The second-order valence-corrected chi connectivity index (χ2v) is 9.51. The Labute approximate surface area is 193 Å². The van der Waals surface area contributed by atoms with Crippen molar-refractivity contribution in [1.82, 2.24) is 9.55 Å². The number of hydrogen-bond acceptors (Lipinski definition) is 4. The predicted octanol–water partition coefficient (Wildman–Crippen LogP) is 6.85. The summed E-state index contributed by atoms with van der Waals surface area (Å²) in [6.07, 6.45) is 0. The van der Waals surface area contributed by atoms with Crippen molar-refractivity contribution in [2.75, 3.05) is 0 Å². The molecule has 0 aliphatic rings. The Morgan fingerprint density at radius 3 is 2.28 bits per heavy atom. The number of rotatable bonds is 5. The van der Waals surface area contributed by atoms with Crippen LogP contribution in [0, 0.1) is 12.7 Å². The van der Waals surface area contributed by atoms with Crippen LogP contribution in [0.5, 0.6) is 0 Å². The molecule has 0 amide bonds. The Bertz CT molecular complexity index is 1440. The maximum absolute atomic E-state index is 13.9. The van der Waals surface area contributed by atoms with Gasteiger partial charge in [0.15, 0.2) is 5.16 Å². The third-order valence-corrected chi connectivity index (χ3v) is 7.24. The fourth-order valence-corrected chi connectivity index (χ4v) is 5.78. The van der Waals surface area contributed by atoms with Crippen LogP contribution in [-0.4, -0.2) is 9.55 Å². The normalized spacial score (nSPS) is 11.2. The molecule has 5 rings (SSSR count). The highest BCUT2D eigenvalue weighted by molar-refractivity contribution is 7.98. The van der Waals surface area contributed by atoms with Crippen molar-refractivity contribution in [3.8, 4) is 16.8 Å². The molecule has 0 radical (unpaired) electrons. The van der Waals surface area contributed by atoms with Crippen molar-refractivity contribution in [2.24, 2.45) is 0 Å². The molecule has 0 fully saturated rings. The Kier molecular flexibility index (Phi) is 5.64. The molecule has 0 N–H and O–H groups in total. The number of hydrogen-bond donors (Lipinski definition) is 0. The van der Waals surface area contributed by atoms with Gasteiger partial charge in [0.05, 0.1) is 11.1 Å². The number of halogens is 1. The number of aromatic nitrogens is 2. The van der Waals surface area contributed by atoms with E-state index in [0.29, 0.717) is 16.3 Å². The van der Waals surface area contributed by atoms with Crippen molar-refractivity contribution < 1.29 is 4.39 Å². The van der Waals surface area contributed by atoms with Gasteiger partial charge in [-0.1, -0.05) is 72.4 Å². The first-order valence-corrected chi connectivity index (χ1v) is 12.0. The predicted molar refractivity (Wildman–Crippen MR) is 131 cm³/mol. The highest BCUT2D eigenvalue weighted by Gasteiger charge is 2.20. The number of fused-ring (bicyclic) bond motifs is 1. The van der Waals surface area contributed by atoms with Crippen LogP contribution in [0.2, 0.25) is 0 Å². The summed E-state index contributed by atoms with van der Waals surface area (Å²) in [6, 6.07) is 26.0. The van der Waals surface area contributed by atoms with Gasteiger partial charge < -0.3 is 0 Å². The number of aryl methyl sites for hydroxylation is 1. The van der Waals surface area contributed by atoms with Gasteiger partial charge in [-0.05, 0) is 42.3 Å². The van der Waals surface area contributed by atoms with E-state index in [1.54, 1.807) is 28.0 Å². The maximum atomic E-state index is 13.9. The lowest BCUT2D eigenvalue weighted by atomic mass is 10.0. The van der Waals surface area contributed by atoms with Crippen LogP contribution >= 0.6 is 23.1 Å². The fourth-order valence-electron chi connectivity index (χ4n) is 3.73. The molecule has 3 nitrogen and oxygen atoms in total. The molecule has 6 heteroatoms. The van der Waals surface area contributed by atoms with Crippen LogP contribution in [0.1, 0.15) is 10.4 Å². The molecule has 0 bridgehead atoms. The van der Waals surface area contributed by atoms with E-state index < -0.39 is 0 Å². The zero-order chi connectivity index (χ0) is 22.1. The number of thiophene rings is 1. The fraction of sp³-hybridized carbons (Fsp3) is 0.0769. The number of benzene rings is 3. The molecule has 2 aromatic heterocycles. The topological polar surface area (TPSA) is 34.9 Å². The van der Waals surface area contributed by atoms with Crippen LogP contribution in [0.25, 0.3) is 27.0 Å². The molecule has 5 aromatic rings. The Morgan fingerprint density at radius 2 is 1.59 bits per heavy atom. The van der Waals surface area contributed by atoms with Crippen LogP contribution in [0.4, 0.5) is 4.39 Å². The second-order valence-electron chi connectivity index (χ2n) is 7.37. The smallest absolute Gasteiger partial charge is 0.268 e. The average Bonchev–Trinajstić information content (AvgIpc) is 3.16. The standard InChI is InChI=1S/C26H19FN2OS2/c1-17-22(19-8-4-2-5-9-19)23-24(32-17)28-26(31-16-18-12-14-20(27)15-13-18)29(25(23)30)21-10-6-3-7-11-21/h2-15H,16H2,1H3. The van der Waals surface area contributed by atoms with Gasteiger partial charge in [-0.15, -0.1) is 11.3 Å². The lowest BCUT2D eigenvalue weighted by molar-refractivity contribution is 0.627. The molecule has 0 saturated heterocycles. The van der Waals surface area contributed by atoms with E-state index in [4.69, 9.17) is 4.98 Å². The summed E-state index contributed by atoms with van der Waals surface area (Å²) in [5.41, 5.74) is 3.63. The Balaban J connectivity index is 1.70. The summed E-state index contributed by atoms with van der Waals surface area (Å²) in [5.74, 6) is 0.322. The molecule has 0 spiro atoms. The van der Waals surface area contributed by atoms with Crippen molar-refractivity contribution in [1.29, 1.82) is 0 Å². The highest BCUT2D eigenvalue weighted by Crippen LogP contribution is 2.37. The van der Waals surface area contributed by atoms with Gasteiger partial charge in [-0.25, -0.2) is 9.37 Å². The molecule has 3 aromatic carbocycles. The summed E-state index contributed by atoms with van der Waals surface area (Å²) in [5, 5.41) is 1.27. The molecule has 0 unspecified atom stereocenters. The molecule has 2 heterocycles. The van der Waals surface area contributed by atoms with Crippen molar-refractivity contribution in [3.63, 3.8) is 0 Å². The first kappa shape index (κ1) is 20.7. The third-order valence-electron chi connectivity index (χ3n) is 5.23. The molecule has 0 aliphatic heterocycles. The molecular weight excluding hydrogens is 439 g/mol. The van der Waals surface area contributed by atoms with E-state index in [1.165, 1.54) is 23.9 Å². The zero-order valence-electron chi connectivity index (χ0n) is 17.3. The van der Waals surface area contributed by atoms with Crippen LogP contribution in [0.15, 0.2) is 94.9 Å². The van der Waals surface area contributed by atoms with Crippen LogP contribution < -0.4 is 5.56 Å². The molecule has 158 valence electrons. The molecule has 32 heavy (non-hydrogen) atoms. The van der Waals surface area contributed by atoms with Crippen LogP contribution in [-0.2, 0) is 5.75 Å². The largest absolute Gasteiger partial charge is 0.268 e. The summed E-state index contributed by atoms with van der Waals surface area (Å²) in [7, 11) is 0. The summed E-state index contributed by atoms with van der Waals surface area (Å²) in [4.78, 5) is 20.6. The van der Waals surface area contributed by atoms with Crippen molar-refractivity contribution in [3.05, 3.63) is 112 Å². The number of para-hydroxylation sites is 1. The maximum Gasteiger partial charge on any atom is 0.268 e. The van der Waals surface area contributed by atoms with E-state index in [0.717, 1.165) is 32.1 Å². The molecule has 0 saturated carbocycles.